The summed E-state index contributed by atoms with van der Waals surface area (Å²) >= 11 is 1.19. The molecular formula is C31H23F2N5O2S. The van der Waals surface area contributed by atoms with E-state index in [-0.39, 0.29) is 22.7 Å². The van der Waals surface area contributed by atoms with Gasteiger partial charge in [-0.25, -0.2) is 13.8 Å². The molecule has 0 bridgehead atoms. The second kappa shape index (κ2) is 9.81. The number of nitrogens with zero attached hydrogens (tertiary/aromatic N) is 5. The Kier molecular flexibility index (Phi) is 6.08. The highest BCUT2D eigenvalue weighted by atomic mass is 32.1. The van der Waals surface area contributed by atoms with Crippen LogP contribution in [-0.2, 0) is 5.41 Å². The standard InChI is InChI=1S/C31H23F2N5O2S/c32-22-8-5-19(6-9-22)20-7-10-23(25(33)15-20)30(40)38-18-31(24-3-1-2-4-27(24)38)11-13-37(14-12-31)29(39)21-16-26-28(34-17-21)41-36-35-26/h1-10,15-17H,11-14,18H2. The van der Waals surface area contributed by atoms with Gasteiger partial charge in [-0.1, -0.05) is 40.9 Å². The van der Waals surface area contributed by atoms with Crippen LogP contribution in [0.1, 0.15) is 39.1 Å². The van der Waals surface area contributed by atoms with Crippen molar-refractivity contribution >= 4 is 39.4 Å². The molecule has 0 N–H and O–H groups in total. The molecule has 5 aromatic rings. The third kappa shape index (κ3) is 4.35. The highest BCUT2D eigenvalue weighted by Crippen LogP contribution is 2.47. The van der Waals surface area contributed by atoms with Crippen LogP contribution >= 0.6 is 11.5 Å². The lowest BCUT2D eigenvalue weighted by Gasteiger charge is -2.40. The maximum atomic E-state index is 15.3. The van der Waals surface area contributed by atoms with Crippen LogP contribution in [-0.4, -0.2) is 50.9 Å². The first kappa shape index (κ1) is 25.4. The molecule has 0 saturated carbocycles. The number of benzene rings is 3. The molecule has 0 aliphatic carbocycles. The fraction of sp³-hybridized carbons (Fsp3) is 0.194. The van der Waals surface area contributed by atoms with Gasteiger partial charge in [-0.2, -0.15) is 0 Å². The fourth-order valence-electron chi connectivity index (χ4n) is 6.02. The molecule has 7 rings (SSSR count). The molecule has 1 fully saturated rings. The van der Waals surface area contributed by atoms with Crippen LogP contribution in [0, 0.1) is 11.6 Å². The molecule has 1 spiro atoms. The zero-order valence-corrected chi connectivity index (χ0v) is 22.6. The summed E-state index contributed by atoms with van der Waals surface area (Å²) in [6.45, 7) is 1.44. The van der Waals surface area contributed by atoms with E-state index in [4.69, 9.17) is 0 Å². The lowest BCUT2D eigenvalue weighted by Crippen LogP contribution is -2.48. The average molecular weight is 568 g/mol. The summed E-state index contributed by atoms with van der Waals surface area (Å²) in [5.41, 5.74) is 3.76. The lowest BCUT2D eigenvalue weighted by atomic mass is 9.74. The van der Waals surface area contributed by atoms with Crippen molar-refractivity contribution < 1.29 is 18.4 Å². The maximum absolute atomic E-state index is 15.3. The number of rotatable bonds is 3. The number of anilines is 1. The number of likely N-dealkylation sites (tertiary alicyclic amines) is 1. The molecule has 2 aromatic heterocycles. The number of piperidine rings is 1. The van der Waals surface area contributed by atoms with E-state index in [1.165, 1.54) is 35.8 Å². The maximum Gasteiger partial charge on any atom is 0.261 e. The summed E-state index contributed by atoms with van der Waals surface area (Å²) in [7, 11) is 0. The summed E-state index contributed by atoms with van der Waals surface area (Å²) in [6, 6.07) is 19.8. The molecule has 2 aliphatic rings. The highest BCUT2D eigenvalue weighted by molar-refractivity contribution is 7.12. The predicted molar refractivity (Wildman–Crippen MR) is 152 cm³/mol. The molecule has 204 valence electrons. The molecule has 0 atom stereocenters. The second-order valence-corrected chi connectivity index (χ2v) is 11.2. The summed E-state index contributed by atoms with van der Waals surface area (Å²) in [5, 5.41) is 4.03. The Morgan fingerprint density at radius 2 is 1.63 bits per heavy atom. The number of fused-ring (bicyclic) bond motifs is 3. The molecule has 1 saturated heterocycles. The van der Waals surface area contributed by atoms with Crippen molar-refractivity contribution in [1.82, 2.24) is 19.5 Å². The van der Waals surface area contributed by atoms with Gasteiger partial charge in [-0.15, -0.1) is 5.10 Å². The van der Waals surface area contributed by atoms with Crippen LogP contribution in [0.3, 0.4) is 0 Å². The van der Waals surface area contributed by atoms with Crippen LogP contribution in [0.2, 0.25) is 0 Å². The van der Waals surface area contributed by atoms with Gasteiger partial charge in [0.2, 0.25) is 0 Å². The van der Waals surface area contributed by atoms with Gasteiger partial charge in [0.25, 0.3) is 11.8 Å². The number of halogens is 2. The molecule has 0 radical (unpaired) electrons. The summed E-state index contributed by atoms with van der Waals surface area (Å²) < 4.78 is 32.5. The number of aromatic nitrogens is 3. The molecule has 41 heavy (non-hydrogen) atoms. The Bertz CT molecular complexity index is 1820. The third-order valence-corrected chi connectivity index (χ3v) is 8.86. The Hall–Kier alpha value is -4.57. The number of carbonyl (C=O) groups excluding carboxylic acids is 2. The zero-order chi connectivity index (χ0) is 28.1. The van der Waals surface area contributed by atoms with Crippen molar-refractivity contribution in [1.29, 1.82) is 0 Å². The van der Waals surface area contributed by atoms with Crippen molar-refractivity contribution in [3.05, 3.63) is 107 Å². The van der Waals surface area contributed by atoms with Crippen molar-refractivity contribution in [3.8, 4) is 11.1 Å². The van der Waals surface area contributed by atoms with E-state index in [1.807, 2.05) is 29.2 Å². The van der Waals surface area contributed by atoms with Gasteiger partial charge < -0.3 is 9.80 Å². The number of hydrogen-bond acceptors (Lipinski definition) is 6. The first-order valence-corrected chi connectivity index (χ1v) is 14.0. The summed E-state index contributed by atoms with van der Waals surface area (Å²) in [5.74, 6) is -1.52. The summed E-state index contributed by atoms with van der Waals surface area (Å²) in [6.07, 6.45) is 2.90. The molecule has 10 heteroatoms. The van der Waals surface area contributed by atoms with E-state index in [0.29, 0.717) is 59.5 Å². The van der Waals surface area contributed by atoms with Crippen LogP contribution in [0.4, 0.5) is 14.5 Å². The van der Waals surface area contributed by atoms with E-state index >= 15 is 4.39 Å². The van der Waals surface area contributed by atoms with Gasteiger partial charge in [-0.3, -0.25) is 9.59 Å². The van der Waals surface area contributed by atoms with E-state index in [1.54, 1.807) is 35.4 Å². The number of amides is 2. The Balaban J connectivity index is 1.12. The normalized spacial score (nSPS) is 15.9. The minimum atomic E-state index is -0.628. The van der Waals surface area contributed by atoms with Crippen LogP contribution in [0.15, 0.2) is 79.0 Å². The van der Waals surface area contributed by atoms with Gasteiger partial charge >= 0.3 is 0 Å². The SMILES string of the molecule is O=C(c1cnc2snnc2c1)N1CCC2(CC1)CN(C(=O)c1ccc(-c3ccc(F)cc3)cc1F)c1ccccc12. The van der Waals surface area contributed by atoms with Gasteiger partial charge in [0.05, 0.1) is 11.1 Å². The Labute approximate surface area is 238 Å². The average Bonchev–Trinajstić information content (AvgIpc) is 3.60. The largest absolute Gasteiger partial charge is 0.339 e. The molecule has 2 amide bonds. The number of pyridine rings is 1. The second-order valence-electron chi connectivity index (χ2n) is 10.5. The molecule has 4 heterocycles. The molecule has 7 nitrogen and oxygen atoms in total. The Morgan fingerprint density at radius 3 is 2.41 bits per heavy atom. The minimum Gasteiger partial charge on any atom is -0.339 e. The smallest absolute Gasteiger partial charge is 0.261 e. The Morgan fingerprint density at radius 1 is 0.878 bits per heavy atom. The van der Waals surface area contributed by atoms with Gasteiger partial charge in [0.1, 0.15) is 17.2 Å². The third-order valence-electron chi connectivity index (χ3n) is 8.21. The van der Waals surface area contributed by atoms with Crippen molar-refractivity contribution in [2.75, 3.05) is 24.5 Å². The van der Waals surface area contributed by atoms with Gasteiger partial charge in [-0.05, 0) is 65.9 Å². The highest BCUT2D eigenvalue weighted by Gasteiger charge is 2.47. The topological polar surface area (TPSA) is 79.3 Å². The number of hydrogen-bond donors (Lipinski definition) is 0. The van der Waals surface area contributed by atoms with Gasteiger partial charge in [0.15, 0.2) is 4.83 Å². The first-order chi connectivity index (χ1) is 19.9. The molecular weight excluding hydrogens is 544 g/mol. The van der Waals surface area contributed by atoms with Crippen molar-refractivity contribution in [2.24, 2.45) is 0 Å². The number of carbonyl (C=O) groups is 2. The van der Waals surface area contributed by atoms with Crippen LogP contribution in [0.5, 0.6) is 0 Å². The quantitative estimate of drug-likeness (QED) is 0.273. The van der Waals surface area contributed by atoms with E-state index < -0.39 is 11.7 Å². The van der Waals surface area contributed by atoms with E-state index in [0.717, 1.165) is 11.3 Å². The molecule has 2 aliphatic heterocycles. The summed E-state index contributed by atoms with van der Waals surface area (Å²) in [4.78, 5) is 35.5. The zero-order valence-electron chi connectivity index (χ0n) is 21.8. The van der Waals surface area contributed by atoms with Crippen molar-refractivity contribution in [3.63, 3.8) is 0 Å². The van der Waals surface area contributed by atoms with Gasteiger partial charge in [0, 0.05) is 48.5 Å². The lowest BCUT2D eigenvalue weighted by molar-refractivity contribution is 0.0670. The van der Waals surface area contributed by atoms with E-state index in [2.05, 4.69) is 14.6 Å². The van der Waals surface area contributed by atoms with Crippen molar-refractivity contribution in [2.45, 2.75) is 18.3 Å². The number of para-hydroxylation sites is 1. The fourth-order valence-corrected chi connectivity index (χ4v) is 6.52. The van der Waals surface area contributed by atoms with E-state index in [9.17, 15) is 14.0 Å². The minimum absolute atomic E-state index is 0.0187. The van der Waals surface area contributed by atoms with Crippen LogP contribution < -0.4 is 4.90 Å². The monoisotopic (exact) mass is 567 g/mol. The predicted octanol–water partition coefficient (Wildman–Crippen LogP) is 5.87. The molecule has 0 unspecified atom stereocenters. The van der Waals surface area contributed by atoms with Crippen LogP contribution in [0.25, 0.3) is 21.5 Å². The first-order valence-electron chi connectivity index (χ1n) is 13.3. The molecule has 3 aromatic carbocycles.